The molecule has 1 aromatic rings. The Morgan fingerprint density at radius 1 is 1.18 bits per heavy atom. The van der Waals surface area contributed by atoms with E-state index >= 15 is 0 Å². The zero-order valence-corrected chi connectivity index (χ0v) is 13.1. The van der Waals surface area contributed by atoms with Crippen molar-refractivity contribution < 1.29 is 24.2 Å². The molecular weight excluding hydrogens is 288 g/mol. The highest BCUT2D eigenvalue weighted by Crippen LogP contribution is 2.25. The quantitative estimate of drug-likeness (QED) is 0.623. The number of ether oxygens (including phenoxy) is 1. The molecule has 120 valence electrons. The maximum atomic E-state index is 12.7. The molecule has 1 N–H and O–H groups in total. The minimum Gasteiger partial charge on any atom is -0.481 e. The topological polar surface area (TPSA) is 87.1 Å². The van der Waals surface area contributed by atoms with Crippen LogP contribution in [0.3, 0.4) is 0 Å². The van der Waals surface area contributed by atoms with Gasteiger partial charge in [0.2, 0.25) is 0 Å². The van der Waals surface area contributed by atoms with Crippen molar-refractivity contribution in [1.29, 1.82) is 0 Å². The van der Waals surface area contributed by atoms with Gasteiger partial charge >= 0.3 is 11.9 Å². The Balaban J connectivity index is 3.33. The number of rotatable bonds is 6. The molecule has 0 aliphatic rings. The summed E-state index contributed by atoms with van der Waals surface area (Å²) in [5.74, 6) is -2.49. The number of hydrazine groups is 1. The molecule has 0 saturated heterocycles. The van der Waals surface area contributed by atoms with Crippen molar-refractivity contribution in [1.82, 2.24) is 10.0 Å². The average molecular weight is 308 g/mol. The van der Waals surface area contributed by atoms with Crippen molar-refractivity contribution in [2.24, 2.45) is 0 Å². The number of carboxylic acids is 1. The highest BCUT2D eigenvalue weighted by molar-refractivity contribution is 5.98. The van der Waals surface area contributed by atoms with E-state index in [-0.39, 0.29) is 0 Å². The largest absolute Gasteiger partial charge is 0.481 e. The molecule has 1 atom stereocenters. The molecule has 1 aromatic carbocycles. The fourth-order valence-electron chi connectivity index (χ4n) is 2.30. The lowest BCUT2D eigenvalue weighted by atomic mass is 9.95. The van der Waals surface area contributed by atoms with Gasteiger partial charge in [0.25, 0.3) is 5.91 Å². The summed E-state index contributed by atoms with van der Waals surface area (Å²) >= 11 is 0. The molecule has 7 heteroatoms. The predicted octanol–water partition coefficient (Wildman–Crippen LogP) is 1.01. The third-order valence-corrected chi connectivity index (χ3v) is 3.20. The Hall–Kier alpha value is -2.41. The maximum Gasteiger partial charge on any atom is 0.333 e. The Labute approximate surface area is 129 Å². The van der Waals surface area contributed by atoms with Crippen LogP contribution in [0, 0.1) is 0 Å². The number of methoxy groups -OCH3 is 1. The van der Waals surface area contributed by atoms with Crippen LogP contribution >= 0.6 is 0 Å². The van der Waals surface area contributed by atoms with Gasteiger partial charge in [0.1, 0.15) is 0 Å². The molecule has 0 fully saturated rings. The van der Waals surface area contributed by atoms with Crippen molar-refractivity contribution in [3.63, 3.8) is 0 Å². The number of benzene rings is 1. The third-order valence-electron chi connectivity index (χ3n) is 3.20. The molecule has 0 spiro atoms. The number of nitrogens with zero attached hydrogens (tertiary/aromatic N) is 2. The van der Waals surface area contributed by atoms with Crippen molar-refractivity contribution in [2.45, 2.75) is 18.9 Å². The van der Waals surface area contributed by atoms with Crippen LogP contribution in [0.1, 0.15) is 23.7 Å². The molecule has 0 aliphatic heterocycles. The summed E-state index contributed by atoms with van der Waals surface area (Å²) in [4.78, 5) is 36.0. The number of esters is 1. The molecule has 22 heavy (non-hydrogen) atoms. The molecule has 1 unspecified atom stereocenters. The van der Waals surface area contributed by atoms with Gasteiger partial charge in [0.15, 0.2) is 5.54 Å². The standard InChI is InChI=1S/C15H20N2O5/c1-15(10-12(18)19,14(21)22-4)17(16(2)3)13(20)11-8-6-5-7-9-11/h5-9H,10H2,1-4H3,(H,18,19). The van der Waals surface area contributed by atoms with E-state index in [2.05, 4.69) is 0 Å². The van der Waals surface area contributed by atoms with Gasteiger partial charge < -0.3 is 9.84 Å². The van der Waals surface area contributed by atoms with Crippen LogP contribution in [0.25, 0.3) is 0 Å². The predicted molar refractivity (Wildman–Crippen MR) is 79.0 cm³/mol. The number of amides is 1. The zero-order valence-electron chi connectivity index (χ0n) is 13.1. The van der Waals surface area contributed by atoms with Crippen LogP contribution in [0.5, 0.6) is 0 Å². The highest BCUT2D eigenvalue weighted by atomic mass is 16.5. The number of carboxylic acid groups (broad SMARTS) is 1. The minimum absolute atomic E-state index is 0.344. The van der Waals surface area contributed by atoms with Crippen LogP contribution in [0.2, 0.25) is 0 Å². The van der Waals surface area contributed by atoms with Gasteiger partial charge in [-0.2, -0.15) is 0 Å². The van der Waals surface area contributed by atoms with Crippen LogP contribution in [0.15, 0.2) is 30.3 Å². The van der Waals surface area contributed by atoms with E-state index < -0.39 is 29.8 Å². The third kappa shape index (κ3) is 3.62. The van der Waals surface area contributed by atoms with E-state index in [1.54, 1.807) is 44.4 Å². The SMILES string of the molecule is COC(=O)C(C)(CC(=O)O)N(C(=O)c1ccccc1)N(C)C. The first-order valence-corrected chi connectivity index (χ1v) is 6.61. The van der Waals surface area contributed by atoms with Gasteiger partial charge in [-0.25, -0.2) is 9.80 Å². The monoisotopic (exact) mass is 308 g/mol. The number of hydrogen-bond donors (Lipinski definition) is 1. The van der Waals surface area contributed by atoms with Gasteiger partial charge in [-0.15, -0.1) is 0 Å². The van der Waals surface area contributed by atoms with E-state index in [0.717, 1.165) is 12.1 Å². The lowest BCUT2D eigenvalue weighted by Gasteiger charge is -2.41. The Kier molecular flexibility index (Phi) is 5.64. The van der Waals surface area contributed by atoms with Crippen molar-refractivity contribution in [3.05, 3.63) is 35.9 Å². The number of aliphatic carboxylic acids is 1. The first kappa shape index (κ1) is 17.6. The fourth-order valence-corrected chi connectivity index (χ4v) is 2.30. The first-order chi connectivity index (χ1) is 10.2. The van der Waals surface area contributed by atoms with Gasteiger partial charge in [0.05, 0.1) is 13.5 Å². The summed E-state index contributed by atoms with van der Waals surface area (Å²) < 4.78 is 4.71. The average Bonchev–Trinajstić information content (AvgIpc) is 2.46. The van der Waals surface area contributed by atoms with Crippen molar-refractivity contribution in [2.75, 3.05) is 21.2 Å². The van der Waals surface area contributed by atoms with Crippen LogP contribution < -0.4 is 0 Å². The molecular formula is C15H20N2O5. The van der Waals surface area contributed by atoms with Crippen molar-refractivity contribution >= 4 is 17.8 Å². The normalized spacial score (nSPS) is 13.3. The molecule has 0 bridgehead atoms. The number of carbonyl (C=O) groups is 3. The van der Waals surface area contributed by atoms with Gasteiger partial charge in [0, 0.05) is 19.7 Å². The Morgan fingerprint density at radius 3 is 2.14 bits per heavy atom. The van der Waals surface area contributed by atoms with Crippen LogP contribution in [-0.4, -0.2) is 59.7 Å². The molecule has 7 nitrogen and oxygen atoms in total. The van der Waals surface area contributed by atoms with E-state index in [0.29, 0.717) is 5.56 Å². The lowest BCUT2D eigenvalue weighted by Crippen LogP contribution is -2.61. The summed E-state index contributed by atoms with van der Waals surface area (Å²) in [5, 5.41) is 11.6. The summed E-state index contributed by atoms with van der Waals surface area (Å²) in [7, 11) is 4.27. The van der Waals surface area contributed by atoms with E-state index in [4.69, 9.17) is 9.84 Å². The van der Waals surface area contributed by atoms with Gasteiger partial charge in [-0.3, -0.25) is 14.6 Å². The lowest BCUT2D eigenvalue weighted by molar-refractivity contribution is -0.167. The molecule has 0 aliphatic carbocycles. The zero-order chi connectivity index (χ0) is 16.9. The fraction of sp³-hybridized carbons (Fsp3) is 0.400. The molecule has 0 aromatic heterocycles. The van der Waals surface area contributed by atoms with Crippen LogP contribution in [0.4, 0.5) is 0 Å². The molecule has 0 saturated carbocycles. The smallest absolute Gasteiger partial charge is 0.333 e. The molecule has 0 heterocycles. The second-order valence-electron chi connectivity index (χ2n) is 5.17. The second-order valence-corrected chi connectivity index (χ2v) is 5.17. The summed E-state index contributed by atoms with van der Waals surface area (Å²) in [6.07, 6.45) is -0.573. The summed E-state index contributed by atoms with van der Waals surface area (Å²) in [6.45, 7) is 1.37. The van der Waals surface area contributed by atoms with Crippen LogP contribution in [-0.2, 0) is 14.3 Å². The van der Waals surface area contributed by atoms with Crippen molar-refractivity contribution in [3.8, 4) is 0 Å². The summed E-state index contributed by atoms with van der Waals surface area (Å²) in [5.41, 5.74) is -1.31. The molecule has 1 rings (SSSR count). The van der Waals surface area contributed by atoms with Gasteiger partial charge in [-0.1, -0.05) is 18.2 Å². The number of carbonyl (C=O) groups excluding carboxylic acids is 2. The molecule has 1 amide bonds. The summed E-state index contributed by atoms with van der Waals surface area (Å²) in [6, 6.07) is 8.32. The number of hydrogen-bond acceptors (Lipinski definition) is 5. The van der Waals surface area contributed by atoms with E-state index in [1.807, 2.05) is 0 Å². The second kappa shape index (κ2) is 7.04. The molecule has 0 radical (unpaired) electrons. The van der Waals surface area contributed by atoms with Gasteiger partial charge in [-0.05, 0) is 19.1 Å². The minimum atomic E-state index is -1.66. The highest BCUT2D eigenvalue weighted by Gasteiger charge is 2.47. The Bertz CT molecular complexity index is 558. The van der Waals surface area contributed by atoms with E-state index in [9.17, 15) is 14.4 Å². The Morgan fingerprint density at radius 2 is 1.73 bits per heavy atom. The van der Waals surface area contributed by atoms with E-state index in [1.165, 1.54) is 11.9 Å². The first-order valence-electron chi connectivity index (χ1n) is 6.61. The maximum absolute atomic E-state index is 12.7.